The fourth-order valence-corrected chi connectivity index (χ4v) is 4.54. The zero-order valence-corrected chi connectivity index (χ0v) is 20.4. The van der Waals surface area contributed by atoms with Gasteiger partial charge < -0.3 is 19.9 Å². The van der Waals surface area contributed by atoms with Crippen LogP contribution in [0.3, 0.4) is 0 Å². The van der Waals surface area contributed by atoms with Crippen LogP contribution in [0.25, 0.3) is 10.8 Å². The number of carbonyl (C=O) groups excluding carboxylic acids is 1. The van der Waals surface area contributed by atoms with Crippen molar-refractivity contribution in [2.45, 2.75) is 13.8 Å². The van der Waals surface area contributed by atoms with E-state index in [4.69, 9.17) is 9.72 Å². The lowest BCUT2D eigenvalue weighted by Crippen LogP contribution is -2.46. The smallest absolute Gasteiger partial charge is 0.255 e. The SMILES string of the molecule is COc1ccc(N2CCN(c3nccc4ccc(C(=O)Nc5ccc(C)c(C)c5)cc34)CC2)cc1. The molecule has 1 aliphatic heterocycles. The highest BCUT2D eigenvalue weighted by Crippen LogP contribution is 2.28. The third-order valence-electron chi connectivity index (χ3n) is 6.79. The van der Waals surface area contributed by atoms with Gasteiger partial charge >= 0.3 is 0 Å². The molecule has 178 valence electrons. The minimum atomic E-state index is -0.116. The minimum Gasteiger partial charge on any atom is -0.497 e. The van der Waals surface area contributed by atoms with Crippen LogP contribution in [0.5, 0.6) is 5.75 Å². The van der Waals surface area contributed by atoms with Crippen molar-refractivity contribution < 1.29 is 9.53 Å². The lowest BCUT2D eigenvalue weighted by Gasteiger charge is -2.37. The summed E-state index contributed by atoms with van der Waals surface area (Å²) in [4.78, 5) is 22.4. The maximum Gasteiger partial charge on any atom is 0.255 e. The van der Waals surface area contributed by atoms with Gasteiger partial charge in [0.15, 0.2) is 0 Å². The number of piperazine rings is 1. The predicted octanol–water partition coefficient (Wildman–Crippen LogP) is 5.44. The van der Waals surface area contributed by atoms with Gasteiger partial charge in [-0.05, 0) is 85.0 Å². The molecule has 0 radical (unpaired) electrons. The molecular formula is C29H30N4O2. The highest BCUT2D eigenvalue weighted by molar-refractivity contribution is 6.07. The molecule has 1 amide bonds. The summed E-state index contributed by atoms with van der Waals surface area (Å²) in [6, 6.07) is 22.0. The lowest BCUT2D eigenvalue weighted by molar-refractivity contribution is 0.102. The summed E-state index contributed by atoms with van der Waals surface area (Å²) in [5.74, 6) is 1.68. The van der Waals surface area contributed by atoms with E-state index in [9.17, 15) is 4.79 Å². The first kappa shape index (κ1) is 22.7. The number of aryl methyl sites for hydroxylation is 2. The van der Waals surface area contributed by atoms with Gasteiger partial charge in [0.25, 0.3) is 5.91 Å². The van der Waals surface area contributed by atoms with Gasteiger partial charge in [0.1, 0.15) is 11.6 Å². The maximum absolute atomic E-state index is 13.0. The van der Waals surface area contributed by atoms with Crippen LogP contribution in [-0.4, -0.2) is 44.2 Å². The summed E-state index contributed by atoms with van der Waals surface area (Å²) in [7, 11) is 1.68. The average Bonchev–Trinajstić information content (AvgIpc) is 2.90. The van der Waals surface area contributed by atoms with Crippen molar-refractivity contribution in [1.29, 1.82) is 0 Å². The molecule has 1 saturated heterocycles. The summed E-state index contributed by atoms with van der Waals surface area (Å²) in [5.41, 5.74) is 4.99. The van der Waals surface area contributed by atoms with Crippen LogP contribution >= 0.6 is 0 Å². The topological polar surface area (TPSA) is 57.7 Å². The Morgan fingerprint density at radius 2 is 1.60 bits per heavy atom. The fraction of sp³-hybridized carbons (Fsp3) is 0.241. The monoisotopic (exact) mass is 466 g/mol. The Labute approximate surface area is 206 Å². The molecule has 6 nitrogen and oxygen atoms in total. The lowest BCUT2D eigenvalue weighted by atomic mass is 10.1. The van der Waals surface area contributed by atoms with Crippen molar-refractivity contribution in [3.8, 4) is 5.75 Å². The molecule has 3 aromatic carbocycles. The number of fused-ring (bicyclic) bond motifs is 1. The molecule has 0 saturated carbocycles. The van der Waals surface area contributed by atoms with Crippen molar-refractivity contribution in [1.82, 2.24) is 4.98 Å². The van der Waals surface area contributed by atoms with E-state index in [1.807, 2.05) is 67.7 Å². The van der Waals surface area contributed by atoms with Crippen LogP contribution in [0.15, 0.2) is 72.9 Å². The number of pyridine rings is 1. The number of aromatic nitrogens is 1. The number of nitrogens with one attached hydrogen (secondary N) is 1. The summed E-state index contributed by atoms with van der Waals surface area (Å²) in [6.45, 7) is 7.63. The van der Waals surface area contributed by atoms with Gasteiger partial charge in [-0.3, -0.25) is 4.79 Å². The number of carbonyl (C=O) groups is 1. The molecule has 6 heteroatoms. The van der Waals surface area contributed by atoms with Crippen LogP contribution in [0, 0.1) is 13.8 Å². The first-order valence-electron chi connectivity index (χ1n) is 11.9. The molecule has 0 spiro atoms. The Balaban J connectivity index is 1.34. The van der Waals surface area contributed by atoms with Crippen molar-refractivity contribution in [2.24, 2.45) is 0 Å². The van der Waals surface area contributed by atoms with E-state index in [-0.39, 0.29) is 5.91 Å². The molecule has 0 aliphatic carbocycles. The van der Waals surface area contributed by atoms with Gasteiger partial charge in [0.05, 0.1) is 7.11 Å². The molecule has 1 N–H and O–H groups in total. The van der Waals surface area contributed by atoms with Crippen LogP contribution in [-0.2, 0) is 0 Å². The van der Waals surface area contributed by atoms with E-state index < -0.39 is 0 Å². The molecule has 1 aliphatic rings. The Kier molecular flexibility index (Phi) is 6.27. The number of amides is 1. The summed E-state index contributed by atoms with van der Waals surface area (Å²) in [5, 5.41) is 5.11. The number of anilines is 3. The van der Waals surface area contributed by atoms with E-state index in [0.29, 0.717) is 5.56 Å². The maximum atomic E-state index is 13.0. The molecule has 4 aromatic rings. The van der Waals surface area contributed by atoms with E-state index in [1.165, 1.54) is 11.3 Å². The molecule has 0 unspecified atom stereocenters. The summed E-state index contributed by atoms with van der Waals surface area (Å²) < 4.78 is 5.28. The molecule has 1 aromatic heterocycles. The number of rotatable bonds is 5. The second-order valence-corrected chi connectivity index (χ2v) is 9.00. The van der Waals surface area contributed by atoms with E-state index in [0.717, 1.165) is 59.8 Å². The number of methoxy groups -OCH3 is 1. The average molecular weight is 467 g/mol. The normalized spacial score (nSPS) is 13.7. The second-order valence-electron chi connectivity index (χ2n) is 9.00. The molecule has 0 atom stereocenters. The Morgan fingerprint density at radius 3 is 2.31 bits per heavy atom. The number of benzene rings is 3. The minimum absolute atomic E-state index is 0.116. The first-order valence-corrected chi connectivity index (χ1v) is 11.9. The van der Waals surface area contributed by atoms with E-state index in [1.54, 1.807) is 7.11 Å². The van der Waals surface area contributed by atoms with Gasteiger partial charge in [0.2, 0.25) is 0 Å². The molecule has 5 rings (SSSR count). The molecular weight excluding hydrogens is 436 g/mol. The van der Waals surface area contributed by atoms with Gasteiger partial charge in [-0.1, -0.05) is 12.1 Å². The van der Waals surface area contributed by atoms with Crippen LogP contribution in [0.4, 0.5) is 17.2 Å². The van der Waals surface area contributed by atoms with E-state index in [2.05, 4.69) is 34.2 Å². The third kappa shape index (κ3) is 4.78. The highest BCUT2D eigenvalue weighted by atomic mass is 16.5. The number of nitrogens with zero attached hydrogens (tertiary/aromatic N) is 3. The Bertz CT molecular complexity index is 1360. The van der Waals surface area contributed by atoms with Gasteiger partial charge in [0, 0.05) is 54.7 Å². The Morgan fingerprint density at radius 1 is 0.857 bits per heavy atom. The zero-order chi connectivity index (χ0) is 24.4. The number of ether oxygens (including phenoxy) is 1. The zero-order valence-electron chi connectivity index (χ0n) is 20.4. The van der Waals surface area contributed by atoms with Crippen LogP contribution < -0.4 is 19.9 Å². The van der Waals surface area contributed by atoms with Crippen LogP contribution in [0.1, 0.15) is 21.5 Å². The fourth-order valence-electron chi connectivity index (χ4n) is 4.54. The standard InChI is InChI=1S/C29H30N4O2/c1-20-4-7-24(18-21(20)2)31-29(34)23-6-5-22-12-13-30-28(27(22)19-23)33-16-14-32(15-17-33)25-8-10-26(35-3)11-9-25/h4-13,18-19H,14-17H2,1-3H3,(H,31,34). The van der Waals surface area contributed by atoms with Gasteiger partial charge in [-0.25, -0.2) is 4.98 Å². The molecule has 1 fully saturated rings. The van der Waals surface area contributed by atoms with Gasteiger partial charge in [-0.15, -0.1) is 0 Å². The van der Waals surface area contributed by atoms with Crippen molar-refractivity contribution in [2.75, 3.05) is 48.4 Å². The van der Waals surface area contributed by atoms with Crippen LogP contribution in [0.2, 0.25) is 0 Å². The van der Waals surface area contributed by atoms with Crippen molar-refractivity contribution in [3.05, 3.63) is 89.6 Å². The summed E-state index contributed by atoms with van der Waals surface area (Å²) in [6.07, 6.45) is 1.85. The number of hydrogen-bond acceptors (Lipinski definition) is 5. The first-order chi connectivity index (χ1) is 17.0. The van der Waals surface area contributed by atoms with Crippen molar-refractivity contribution >= 4 is 33.9 Å². The largest absolute Gasteiger partial charge is 0.497 e. The Hall–Kier alpha value is -4.06. The van der Waals surface area contributed by atoms with Crippen molar-refractivity contribution in [3.63, 3.8) is 0 Å². The molecule has 2 heterocycles. The number of hydrogen-bond donors (Lipinski definition) is 1. The second kappa shape index (κ2) is 9.66. The summed E-state index contributed by atoms with van der Waals surface area (Å²) >= 11 is 0. The van der Waals surface area contributed by atoms with Gasteiger partial charge in [-0.2, -0.15) is 0 Å². The molecule has 0 bridgehead atoms. The third-order valence-corrected chi connectivity index (χ3v) is 6.79. The quantitative estimate of drug-likeness (QED) is 0.425. The molecule has 35 heavy (non-hydrogen) atoms. The van der Waals surface area contributed by atoms with E-state index >= 15 is 0 Å². The highest BCUT2D eigenvalue weighted by Gasteiger charge is 2.20. The predicted molar refractivity (Wildman–Crippen MR) is 143 cm³/mol.